The summed E-state index contributed by atoms with van der Waals surface area (Å²) in [6.45, 7) is 0.152. The Morgan fingerprint density at radius 3 is 2.08 bits per heavy atom. The molecule has 13 heavy (non-hydrogen) atoms. The summed E-state index contributed by atoms with van der Waals surface area (Å²) in [6.07, 6.45) is 0.428. The van der Waals surface area contributed by atoms with Crippen LogP contribution in [-0.4, -0.2) is 54.6 Å². The molecule has 0 atom stereocenters. The van der Waals surface area contributed by atoms with E-state index in [2.05, 4.69) is 15.9 Å². The van der Waals surface area contributed by atoms with Crippen LogP contribution in [0.2, 0.25) is 0 Å². The molecule has 5 heteroatoms. The first-order valence-electron chi connectivity index (χ1n) is 3.99. The minimum Gasteiger partial charge on any atom is -0.347 e. The van der Waals surface area contributed by atoms with Crippen LogP contribution < -0.4 is 0 Å². The van der Waals surface area contributed by atoms with E-state index in [0.717, 1.165) is 0 Å². The molecule has 0 saturated carbocycles. The van der Waals surface area contributed by atoms with E-state index in [1.165, 1.54) is 9.80 Å². The molecule has 0 spiro atoms. The second kappa shape index (κ2) is 5.96. The fraction of sp³-hybridized carbons (Fsp3) is 0.750. The molecule has 4 nitrogen and oxygen atoms in total. The van der Waals surface area contributed by atoms with Gasteiger partial charge in [-0.2, -0.15) is 0 Å². The zero-order valence-corrected chi connectivity index (χ0v) is 9.80. The van der Waals surface area contributed by atoms with Gasteiger partial charge in [-0.3, -0.25) is 9.59 Å². The molecule has 0 aromatic heterocycles. The van der Waals surface area contributed by atoms with E-state index >= 15 is 0 Å². The largest absolute Gasteiger partial charge is 0.347 e. The van der Waals surface area contributed by atoms with Crippen molar-refractivity contribution in [2.75, 3.05) is 33.0 Å². The summed E-state index contributed by atoms with van der Waals surface area (Å²) in [7, 11) is 4.97. The van der Waals surface area contributed by atoms with Gasteiger partial charge < -0.3 is 9.80 Å². The van der Waals surface area contributed by atoms with Gasteiger partial charge in [-0.25, -0.2) is 0 Å². The van der Waals surface area contributed by atoms with Gasteiger partial charge in [0.2, 0.25) is 11.8 Å². The lowest BCUT2D eigenvalue weighted by molar-refractivity contribution is -0.137. The van der Waals surface area contributed by atoms with Gasteiger partial charge in [-0.05, 0) is 0 Å². The van der Waals surface area contributed by atoms with E-state index in [1.54, 1.807) is 21.1 Å². The van der Waals surface area contributed by atoms with Crippen molar-refractivity contribution >= 4 is 27.7 Å². The van der Waals surface area contributed by atoms with Crippen LogP contribution in [-0.2, 0) is 9.59 Å². The molecule has 0 aliphatic carbocycles. The van der Waals surface area contributed by atoms with Crippen LogP contribution in [0, 0.1) is 0 Å². The second-order valence-electron chi connectivity index (χ2n) is 2.98. The molecule has 0 aromatic rings. The van der Waals surface area contributed by atoms with E-state index < -0.39 is 0 Å². The summed E-state index contributed by atoms with van der Waals surface area (Å²) in [5.41, 5.74) is 0. The summed E-state index contributed by atoms with van der Waals surface area (Å²) in [6, 6.07) is 0. The van der Waals surface area contributed by atoms with E-state index in [0.29, 0.717) is 11.8 Å². The highest BCUT2D eigenvalue weighted by atomic mass is 79.9. The first-order chi connectivity index (χ1) is 5.99. The zero-order chi connectivity index (χ0) is 10.4. The smallest absolute Gasteiger partial charge is 0.241 e. The SMILES string of the molecule is CN(C)C(=O)CN(C)C(=O)CCBr. The first kappa shape index (κ1) is 12.4. The van der Waals surface area contributed by atoms with Crippen LogP contribution in [0.4, 0.5) is 0 Å². The summed E-state index contributed by atoms with van der Waals surface area (Å²) >= 11 is 3.17. The molecule has 76 valence electrons. The average Bonchev–Trinajstić information content (AvgIpc) is 2.04. The van der Waals surface area contributed by atoms with Crippen LogP contribution in [0.15, 0.2) is 0 Å². The number of alkyl halides is 1. The van der Waals surface area contributed by atoms with Crippen LogP contribution in [0.25, 0.3) is 0 Å². The Bertz CT molecular complexity index is 195. The van der Waals surface area contributed by atoms with Crippen molar-refractivity contribution in [3.05, 3.63) is 0 Å². The lowest BCUT2D eigenvalue weighted by atomic mass is 10.4. The molecule has 0 bridgehead atoms. The van der Waals surface area contributed by atoms with E-state index in [4.69, 9.17) is 0 Å². The van der Waals surface area contributed by atoms with E-state index in [9.17, 15) is 9.59 Å². The van der Waals surface area contributed by atoms with Crippen molar-refractivity contribution in [2.45, 2.75) is 6.42 Å². The molecule has 0 saturated heterocycles. The number of amides is 2. The number of hydrogen-bond acceptors (Lipinski definition) is 2. The zero-order valence-electron chi connectivity index (χ0n) is 8.21. The van der Waals surface area contributed by atoms with Gasteiger partial charge in [0, 0.05) is 32.9 Å². The van der Waals surface area contributed by atoms with Crippen LogP contribution in [0.1, 0.15) is 6.42 Å². The Balaban J connectivity index is 3.92. The number of hydrogen-bond donors (Lipinski definition) is 0. The monoisotopic (exact) mass is 250 g/mol. The van der Waals surface area contributed by atoms with Gasteiger partial charge in [-0.15, -0.1) is 0 Å². The molecule has 0 unspecified atom stereocenters. The molecular formula is C8H15BrN2O2. The molecule has 0 radical (unpaired) electrons. The maximum atomic E-state index is 11.2. The average molecular weight is 251 g/mol. The van der Waals surface area contributed by atoms with Gasteiger partial charge in [0.05, 0.1) is 6.54 Å². The highest BCUT2D eigenvalue weighted by molar-refractivity contribution is 9.09. The third-order valence-electron chi connectivity index (χ3n) is 1.61. The molecule has 2 amide bonds. The summed E-state index contributed by atoms with van der Waals surface area (Å²) in [5.74, 6) is -0.0857. The maximum Gasteiger partial charge on any atom is 0.241 e. The number of likely N-dealkylation sites (N-methyl/N-ethyl adjacent to an activating group) is 2. The minimum absolute atomic E-state index is 0.0212. The quantitative estimate of drug-likeness (QED) is 0.675. The van der Waals surface area contributed by atoms with Crippen molar-refractivity contribution in [2.24, 2.45) is 0 Å². The van der Waals surface area contributed by atoms with Crippen molar-refractivity contribution in [3.63, 3.8) is 0 Å². The molecule has 0 rings (SSSR count). The van der Waals surface area contributed by atoms with Crippen LogP contribution >= 0.6 is 15.9 Å². The Hall–Kier alpha value is -0.580. The Morgan fingerprint density at radius 2 is 1.69 bits per heavy atom. The predicted octanol–water partition coefficient (Wildman–Crippen LogP) is 0.318. The standard InChI is InChI=1S/C8H15BrN2O2/c1-10(2)8(13)6-11(3)7(12)4-5-9/h4-6H2,1-3H3. The van der Waals surface area contributed by atoms with Crippen molar-refractivity contribution in [1.29, 1.82) is 0 Å². The van der Waals surface area contributed by atoms with Crippen molar-refractivity contribution < 1.29 is 9.59 Å². The number of halogens is 1. The maximum absolute atomic E-state index is 11.2. The molecule has 0 aliphatic heterocycles. The Morgan fingerprint density at radius 1 is 1.15 bits per heavy atom. The van der Waals surface area contributed by atoms with Gasteiger partial charge in [0.1, 0.15) is 0 Å². The third kappa shape index (κ3) is 4.87. The summed E-state index contributed by atoms with van der Waals surface area (Å²) in [5, 5.41) is 0.631. The van der Waals surface area contributed by atoms with Gasteiger partial charge >= 0.3 is 0 Å². The third-order valence-corrected chi connectivity index (χ3v) is 2.00. The fourth-order valence-corrected chi connectivity index (χ4v) is 1.04. The lowest BCUT2D eigenvalue weighted by Crippen LogP contribution is -2.37. The highest BCUT2D eigenvalue weighted by Gasteiger charge is 2.12. The normalized spacial score (nSPS) is 9.54. The molecule has 0 fully saturated rings. The topological polar surface area (TPSA) is 40.6 Å². The van der Waals surface area contributed by atoms with E-state index in [1.807, 2.05) is 0 Å². The summed E-state index contributed by atoms with van der Waals surface area (Å²) < 4.78 is 0. The van der Waals surface area contributed by atoms with Gasteiger partial charge in [0.25, 0.3) is 0 Å². The number of rotatable bonds is 4. The lowest BCUT2D eigenvalue weighted by Gasteiger charge is -2.18. The van der Waals surface area contributed by atoms with Crippen molar-refractivity contribution in [3.8, 4) is 0 Å². The molecule has 0 aliphatic rings. The molecular weight excluding hydrogens is 236 g/mol. The Labute approximate surface area is 87.0 Å². The Kier molecular flexibility index (Phi) is 5.70. The minimum atomic E-state index is -0.0644. The highest BCUT2D eigenvalue weighted by Crippen LogP contribution is 1.95. The van der Waals surface area contributed by atoms with Crippen molar-refractivity contribution in [1.82, 2.24) is 9.80 Å². The number of nitrogens with zero attached hydrogens (tertiary/aromatic N) is 2. The van der Waals surface area contributed by atoms with E-state index in [-0.39, 0.29) is 18.4 Å². The summed E-state index contributed by atoms with van der Waals surface area (Å²) in [4.78, 5) is 25.3. The number of carbonyl (C=O) groups excluding carboxylic acids is 2. The molecule has 0 N–H and O–H groups in total. The van der Waals surface area contributed by atoms with Crippen LogP contribution in [0.5, 0.6) is 0 Å². The fourth-order valence-electron chi connectivity index (χ4n) is 0.704. The number of carbonyl (C=O) groups is 2. The second-order valence-corrected chi connectivity index (χ2v) is 3.77. The first-order valence-corrected chi connectivity index (χ1v) is 5.11. The molecule has 0 heterocycles. The molecule has 0 aromatic carbocycles. The van der Waals surface area contributed by atoms with Gasteiger partial charge in [-0.1, -0.05) is 15.9 Å². The van der Waals surface area contributed by atoms with Gasteiger partial charge in [0.15, 0.2) is 0 Å². The van der Waals surface area contributed by atoms with Crippen LogP contribution in [0.3, 0.4) is 0 Å². The predicted molar refractivity (Wildman–Crippen MR) is 54.7 cm³/mol.